The Balaban J connectivity index is 2.37. The minimum atomic E-state index is -3.58. The molecule has 1 heterocycles. The predicted molar refractivity (Wildman–Crippen MR) is 73.6 cm³/mol. The maximum absolute atomic E-state index is 12.5. The second-order valence-corrected chi connectivity index (χ2v) is 7.33. The summed E-state index contributed by atoms with van der Waals surface area (Å²) < 4.78 is 26.5. The van der Waals surface area contributed by atoms with E-state index in [1.165, 1.54) is 4.31 Å². The lowest BCUT2D eigenvalue weighted by Gasteiger charge is -2.29. The molecule has 0 atom stereocenters. The van der Waals surface area contributed by atoms with Gasteiger partial charge in [0.15, 0.2) is 0 Å². The molecule has 1 aliphatic heterocycles. The van der Waals surface area contributed by atoms with Gasteiger partial charge in [-0.1, -0.05) is 36.2 Å². The minimum absolute atomic E-state index is 0.0305. The molecule has 3 nitrogen and oxygen atoms in total. The maximum atomic E-state index is 12.5. The van der Waals surface area contributed by atoms with Crippen molar-refractivity contribution in [2.45, 2.75) is 24.7 Å². The third kappa shape index (κ3) is 2.67. The van der Waals surface area contributed by atoms with E-state index in [9.17, 15) is 8.42 Å². The highest BCUT2D eigenvalue weighted by molar-refractivity contribution is 7.89. The third-order valence-electron chi connectivity index (χ3n) is 3.26. The van der Waals surface area contributed by atoms with E-state index in [1.807, 2.05) is 0 Å². The van der Waals surface area contributed by atoms with Crippen molar-refractivity contribution in [1.82, 2.24) is 4.31 Å². The number of halogens is 2. The first kappa shape index (κ1) is 14.1. The molecule has 0 amide bonds. The average Bonchev–Trinajstić information content (AvgIpc) is 2.29. The monoisotopic (exact) mass is 307 g/mol. The summed E-state index contributed by atoms with van der Waals surface area (Å²) >= 11 is 11.9. The third-order valence-corrected chi connectivity index (χ3v) is 6.11. The largest absolute Gasteiger partial charge is 0.246 e. The van der Waals surface area contributed by atoms with E-state index in [4.69, 9.17) is 23.2 Å². The van der Waals surface area contributed by atoms with Gasteiger partial charge in [0.05, 0.1) is 10.0 Å². The molecule has 2 rings (SSSR count). The number of sulfonamides is 1. The summed E-state index contributed by atoms with van der Waals surface area (Å²) in [6.45, 7) is 3.20. The van der Waals surface area contributed by atoms with Crippen LogP contribution in [0, 0.1) is 5.92 Å². The van der Waals surface area contributed by atoms with Gasteiger partial charge in [-0.3, -0.25) is 0 Å². The van der Waals surface area contributed by atoms with Gasteiger partial charge in [-0.25, -0.2) is 8.42 Å². The van der Waals surface area contributed by atoms with Gasteiger partial charge in [-0.05, 0) is 30.9 Å². The van der Waals surface area contributed by atoms with Gasteiger partial charge in [-0.2, -0.15) is 4.31 Å². The number of benzene rings is 1. The minimum Gasteiger partial charge on any atom is -0.207 e. The summed E-state index contributed by atoms with van der Waals surface area (Å²) in [5.41, 5.74) is 0. The van der Waals surface area contributed by atoms with Crippen LogP contribution in [0.4, 0.5) is 0 Å². The summed E-state index contributed by atoms with van der Waals surface area (Å²) in [7, 11) is -3.58. The number of nitrogens with zero attached hydrogens (tertiary/aromatic N) is 1. The van der Waals surface area contributed by atoms with Crippen LogP contribution >= 0.6 is 23.2 Å². The Morgan fingerprint density at radius 3 is 2.17 bits per heavy atom. The average molecular weight is 308 g/mol. The van der Waals surface area contributed by atoms with Crippen molar-refractivity contribution in [2.75, 3.05) is 13.1 Å². The molecule has 0 radical (unpaired) electrons. The van der Waals surface area contributed by atoms with Crippen LogP contribution < -0.4 is 0 Å². The molecule has 0 aromatic heterocycles. The molecule has 0 saturated carbocycles. The van der Waals surface area contributed by atoms with E-state index >= 15 is 0 Å². The zero-order valence-electron chi connectivity index (χ0n) is 10.1. The van der Waals surface area contributed by atoms with E-state index in [-0.39, 0.29) is 14.9 Å². The molecule has 1 fully saturated rings. The molecular formula is C12H15Cl2NO2S. The van der Waals surface area contributed by atoms with Crippen LogP contribution in [0.5, 0.6) is 0 Å². The summed E-state index contributed by atoms with van der Waals surface area (Å²) in [6, 6.07) is 4.74. The van der Waals surface area contributed by atoms with Crippen molar-refractivity contribution in [3.05, 3.63) is 28.2 Å². The van der Waals surface area contributed by atoms with Crippen LogP contribution in [-0.4, -0.2) is 25.8 Å². The summed E-state index contributed by atoms with van der Waals surface area (Å²) in [6.07, 6.45) is 1.75. The van der Waals surface area contributed by atoms with E-state index in [0.29, 0.717) is 19.0 Å². The first-order valence-corrected chi connectivity index (χ1v) is 8.06. The van der Waals surface area contributed by atoms with Crippen LogP contribution in [0.2, 0.25) is 10.0 Å². The van der Waals surface area contributed by atoms with Crippen molar-refractivity contribution >= 4 is 33.2 Å². The second kappa shape index (κ2) is 5.37. The molecule has 0 aliphatic carbocycles. The van der Waals surface area contributed by atoms with Gasteiger partial charge in [0.1, 0.15) is 4.90 Å². The Kier molecular flexibility index (Phi) is 4.22. The lowest BCUT2D eigenvalue weighted by molar-refractivity contribution is 0.288. The van der Waals surface area contributed by atoms with E-state index in [2.05, 4.69) is 6.92 Å². The normalized spacial score (nSPS) is 19.1. The first-order chi connectivity index (χ1) is 8.43. The van der Waals surface area contributed by atoms with Crippen molar-refractivity contribution in [3.8, 4) is 0 Å². The fourth-order valence-electron chi connectivity index (χ4n) is 2.08. The van der Waals surface area contributed by atoms with Crippen LogP contribution in [0.1, 0.15) is 19.8 Å². The van der Waals surface area contributed by atoms with Crippen molar-refractivity contribution in [3.63, 3.8) is 0 Å². The predicted octanol–water partition coefficient (Wildman–Crippen LogP) is 3.41. The lowest BCUT2D eigenvalue weighted by Crippen LogP contribution is -2.38. The molecule has 6 heteroatoms. The molecule has 1 aromatic rings. The maximum Gasteiger partial charge on any atom is 0.246 e. The van der Waals surface area contributed by atoms with Gasteiger partial charge >= 0.3 is 0 Å². The van der Waals surface area contributed by atoms with Gasteiger partial charge in [0, 0.05) is 13.1 Å². The highest BCUT2D eigenvalue weighted by atomic mass is 35.5. The summed E-state index contributed by atoms with van der Waals surface area (Å²) in [5, 5.41) is 0.363. The fourth-order valence-corrected chi connectivity index (χ4v) is 4.64. The number of hydrogen-bond donors (Lipinski definition) is 0. The molecule has 1 saturated heterocycles. The van der Waals surface area contributed by atoms with E-state index in [0.717, 1.165) is 12.8 Å². The molecule has 100 valence electrons. The Hall–Kier alpha value is -0.290. The van der Waals surface area contributed by atoms with Crippen molar-refractivity contribution in [2.24, 2.45) is 5.92 Å². The highest BCUT2D eigenvalue weighted by Gasteiger charge is 2.31. The Bertz CT molecular complexity index is 517. The second-order valence-electron chi connectivity index (χ2n) is 4.64. The van der Waals surface area contributed by atoms with Gasteiger partial charge < -0.3 is 0 Å². The molecule has 18 heavy (non-hydrogen) atoms. The molecule has 1 aliphatic rings. The quantitative estimate of drug-likeness (QED) is 0.839. The van der Waals surface area contributed by atoms with Gasteiger partial charge in [0.2, 0.25) is 10.0 Å². The zero-order chi connectivity index (χ0) is 13.3. The number of hydrogen-bond acceptors (Lipinski definition) is 2. The number of rotatable bonds is 2. The number of piperidine rings is 1. The molecular weight excluding hydrogens is 293 g/mol. The highest BCUT2D eigenvalue weighted by Crippen LogP contribution is 2.33. The Morgan fingerprint density at radius 1 is 1.17 bits per heavy atom. The zero-order valence-corrected chi connectivity index (χ0v) is 12.4. The van der Waals surface area contributed by atoms with Crippen molar-refractivity contribution in [1.29, 1.82) is 0 Å². The molecule has 0 spiro atoms. The van der Waals surface area contributed by atoms with Gasteiger partial charge in [-0.15, -0.1) is 0 Å². The Morgan fingerprint density at radius 2 is 1.67 bits per heavy atom. The Labute approximate surface area is 118 Å². The van der Waals surface area contributed by atoms with Crippen LogP contribution in [0.15, 0.2) is 23.1 Å². The standard InChI is InChI=1S/C12H15Cl2NO2S/c1-9-5-7-15(8-6-9)18(16,17)12-10(13)3-2-4-11(12)14/h2-4,9H,5-8H2,1H3. The van der Waals surface area contributed by atoms with E-state index < -0.39 is 10.0 Å². The molecule has 0 unspecified atom stereocenters. The smallest absolute Gasteiger partial charge is 0.207 e. The first-order valence-electron chi connectivity index (χ1n) is 5.87. The summed E-state index contributed by atoms with van der Waals surface area (Å²) in [4.78, 5) is 0.0305. The molecule has 0 N–H and O–H groups in total. The lowest BCUT2D eigenvalue weighted by atomic mass is 10.0. The van der Waals surface area contributed by atoms with Crippen LogP contribution in [-0.2, 0) is 10.0 Å². The van der Waals surface area contributed by atoms with Crippen LogP contribution in [0.3, 0.4) is 0 Å². The van der Waals surface area contributed by atoms with E-state index in [1.54, 1.807) is 18.2 Å². The topological polar surface area (TPSA) is 37.4 Å². The van der Waals surface area contributed by atoms with Crippen molar-refractivity contribution < 1.29 is 8.42 Å². The molecule has 1 aromatic carbocycles. The fraction of sp³-hybridized carbons (Fsp3) is 0.500. The summed E-state index contributed by atoms with van der Waals surface area (Å²) in [5.74, 6) is 0.568. The SMILES string of the molecule is CC1CCN(S(=O)(=O)c2c(Cl)cccc2Cl)CC1. The molecule has 0 bridgehead atoms. The van der Waals surface area contributed by atoms with Crippen LogP contribution in [0.25, 0.3) is 0 Å². The van der Waals surface area contributed by atoms with Gasteiger partial charge in [0.25, 0.3) is 0 Å².